The first kappa shape index (κ1) is 14.1. The van der Waals surface area contributed by atoms with Gasteiger partial charge in [0.2, 0.25) is 0 Å². The highest BCUT2D eigenvalue weighted by Crippen LogP contribution is 2.34. The lowest BCUT2D eigenvalue weighted by Crippen LogP contribution is -2.40. The molecule has 1 aliphatic rings. The van der Waals surface area contributed by atoms with Crippen molar-refractivity contribution in [3.8, 4) is 0 Å². The summed E-state index contributed by atoms with van der Waals surface area (Å²) in [7, 11) is 1.01. The van der Waals surface area contributed by atoms with E-state index in [1.165, 1.54) is 44.7 Å². The normalized spacial score (nSPS) is 12.4. The molecule has 0 N–H and O–H groups in total. The van der Waals surface area contributed by atoms with Gasteiger partial charge < -0.3 is 4.90 Å². The van der Waals surface area contributed by atoms with Crippen molar-refractivity contribution in [2.24, 2.45) is 0 Å². The van der Waals surface area contributed by atoms with E-state index < -0.39 is 0 Å². The monoisotopic (exact) mass is 297 g/mol. The maximum absolute atomic E-state index is 2.40. The molecule has 0 unspecified atom stereocenters. The lowest BCUT2D eigenvalue weighted by molar-refractivity contribution is 1.27. The average Bonchev–Trinajstić information content (AvgIpc) is 2.53. The van der Waals surface area contributed by atoms with Crippen molar-refractivity contribution in [1.82, 2.24) is 0 Å². The van der Waals surface area contributed by atoms with Gasteiger partial charge in [0, 0.05) is 17.1 Å². The van der Waals surface area contributed by atoms with Gasteiger partial charge in [0.1, 0.15) is 0 Å². The second-order valence-corrected chi connectivity index (χ2v) is 6.61. The van der Waals surface area contributed by atoms with E-state index in [9.17, 15) is 0 Å². The smallest absolute Gasteiger partial charge is 0.197 e. The summed E-state index contributed by atoms with van der Waals surface area (Å²) in [5.41, 5.74) is 10.6. The average molecular weight is 297 g/mol. The lowest BCUT2D eigenvalue weighted by atomic mass is 9.60. The molecule has 0 bridgehead atoms. The fraction of sp³-hybridized carbons (Fsp3) is 0.143. The summed E-state index contributed by atoms with van der Waals surface area (Å²) in [6, 6.07) is 22.4. The Morgan fingerprint density at radius 2 is 1.09 bits per heavy atom. The summed E-state index contributed by atoms with van der Waals surface area (Å²) in [4.78, 5) is 2.40. The molecule has 23 heavy (non-hydrogen) atoms. The maximum atomic E-state index is 2.40. The lowest BCUT2D eigenvalue weighted by Gasteiger charge is -2.34. The molecule has 0 fully saturated rings. The van der Waals surface area contributed by atoms with Crippen LogP contribution in [0.5, 0.6) is 0 Å². The molecule has 0 aliphatic carbocycles. The summed E-state index contributed by atoms with van der Waals surface area (Å²) in [5.74, 6) is 0. The van der Waals surface area contributed by atoms with Gasteiger partial charge in [-0.2, -0.15) is 0 Å². The summed E-state index contributed by atoms with van der Waals surface area (Å²) in [6.45, 7) is 6.47. The predicted octanol–water partition coefficient (Wildman–Crippen LogP) is 3.78. The highest BCUT2D eigenvalue weighted by atomic mass is 15.1. The van der Waals surface area contributed by atoms with Crippen molar-refractivity contribution < 1.29 is 0 Å². The quantitative estimate of drug-likeness (QED) is 0.483. The summed E-state index contributed by atoms with van der Waals surface area (Å²) >= 11 is 0. The zero-order valence-corrected chi connectivity index (χ0v) is 13.9. The Balaban J connectivity index is 1.95. The van der Waals surface area contributed by atoms with Gasteiger partial charge in [-0.15, -0.1) is 0 Å². The number of fused-ring (bicyclic) bond motifs is 2. The first-order chi connectivity index (χ1) is 11.1. The minimum absolute atomic E-state index is 1.01. The molecule has 0 atom stereocenters. The molecule has 0 spiro atoms. The Morgan fingerprint density at radius 3 is 1.61 bits per heavy atom. The predicted molar refractivity (Wildman–Crippen MR) is 102 cm³/mol. The Morgan fingerprint density at radius 1 is 0.609 bits per heavy atom. The molecule has 112 valence electrons. The van der Waals surface area contributed by atoms with Crippen LogP contribution in [0.4, 0.5) is 17.1 Å². The molecule has 3 aromatic rings. The molecular weight excluding hydrogens is 277 g/mol. The van der Waals surface area contributed by atoms with Crippen molar-refractivity contribution in [2.75, 3.05) is 4.90 Å². The summed E-state index contributed by atoms with van der Waals surface area (Å²) in [6.07, 6.45) is 0. The second-order valence-electron chi connectivity index (χ2n) is 6.61. The zero-order chi connectivity index (χ0) is 16.0. The molecule has 1 nitrogen and oxygen atoms in total. The zero-order valence-electron chi connectivity index (χ0n) is 13.9. The Hall–Kier alpha value is -2.48. The van der Waals surface area contributed by atoms with E-state index in [-0.39, 0.29) is 0 Å². The topological polar surface area (TPSA) is 3.24 Å². The van der Waals surface area contributed by atoms with Gasteiger partial charge in [-0.05, 0) is 45.0 Å². The number of aryl methyl sites for hydroxylation is 3. The van der Waals surface area contributed by atoms with Crippen molar-refractivity contribution in [1.29, 1.82) is 0 Å². The molecular formula is C21H20BN. The Bertz CT molecular complexity index is 829. The number of rotatable bonds is 1. The van der Waals surface area contributed by atoms with Gasteiger partial charge >= 0.3 is 0 Å². The number of hydrogen-bond acceptors (Lipinski definition) is 1. The molecule has 1 aliphatic heterocycles. The number of hydrogen-bond donors (Lipinski definition) is 0. The SMILES string of the molecule is Cc1ccc(N2c3ccc(C)cc3Bc3cc(C)ccc32)cc1. The molecule has 0 saturated carbocycles. The molecule has 0 aromatic heterocycles. The van der Waals surface area contributed by atoms with Gasteiger partial charge in [-0.3, -0.25) is 0 Å². The number of anilines is 3. The van der Waals surface area contributed by atoms with Crippen LogP contribution in [0.25, 0.3) is 0 Å². The highest BCUT2D eigenvalue weighted by molar-refractivity contribution is 6.71. The third-order valence-corrected chi connectivity index (χ3v) is 4.62. The molecule has 1 heterocycles. The van der Waals surface area contributed by atoms with Gasteiger partial charge in [0.05, 0.1) is 0 Å². The fourth-order valence-electron chi connectivity index (χ4n) is 3.46. The molecule has 0 saturated heterocycles. The Labute approximate surface area is 138 Å². The van der Waals surface area contributed by atoms with Gasteiger partial charge in [0.15, 0.2) is 7.28 Å². The Kier molecular flexibility index (Phi) is 3.26. The number of nitrogens with zero attached hydrogens (tertiary/aromatic N) is 1. The van der Waals surface area contributed by atoms with Crippen LogP contribution in [-0.2, 0) is 0 Å². The van der Waals surface area contributed by atoms with Gasteiger partial charge in [0.25, 0.3) is 0 Å². The molecule has 4 rings (SSSR count). The molecule has 0 radical (unpaired) electrons. The van der Waals surface area contributed by atoms with Crippen LogP contribution in [0.15, 0.2) is 60.7 Å². The van der Waals surface area contributed by atoms with Crippen LogP contribution in [0, 0.1) is 20.8 Å². The van der Waals surface area contributed by atoms with E-state index >= 15 is 0 Å². The largest absolute Gasteiger partial charge is 0.312 e. The highest BCUT2D eigenvalue weighted by Gasteiger charge is 2.24. The number of benzene rings is 3. The van der Waals surface area contributed by atoms with Crippen molar-refractivity contribution in [3.63, 3.8) is 0 Å². The van der Waals surface area contributed by atoms with Crippen LogP contribution in [0.3, 0.4) is 0 Å². The first-order valence-corrected chi connectivity index (χ1v) is 8.18. The standard InChI is InChI=1S/C21H20BN/c1-14-4-8-17(9-5-14)23-20-10-6-15(2)12-18(20)22-19-13-16(3)7-11-21(19)23/h4-13,22H,1-3H3. The third kappa shape index (κ3) is 2.44. The minimum atomic E-state index is 1.01. The fourth-order valence-corrected chi connectivity index (χ4v) is 3.46. The molecule has 3 aromatic carbocycles. The summed E-state index contributed by atoms with van der Waals surface area (Å²) < 4.78 is 0. The minimum Gasteiger partial charge on any atom is -0.312 e. The van der Waals surface area contributed by atoms with E-state index in [4.69, 9.17) is 0 Å². The van der Waals surface area contributed by atoms with Crippen LogP contribution in [0.1, 0.15) is 16.7 Å². The molecule has 2 heteroatoms. The third-order valence-electron chi connectivity index (χ3n) is 4.62. The van der Waals surface area contributed by atoms with Crippen molar-refractivity contribution in [2.45, 2.75) is 20.8 Å². The van der Waals surface area contributed by atoms with Crippen molar-refractivity contribution in [3.05, 3.63) is 77.4 Å². The van der Waals surface area contributed by atoms with Crippen LogP contribution >= 0.6 is 0 Å². The molecule has 0 amide bonds. The van der Waals surface area contributed by atoms with Crippen LogP contribution < -0.4 is 15.8 Å². The maximum Gasteiger partial charge on any atom is 0.197 e. The van der Waals surface area contributed by atoms with Crippen molar-refractivity contribution >= 4 is 35.3 Å². The second kappa shape index (κ2) is 5.31. The van der Waals surface area contributed by atoms with Crippen LogP contribution in [0.2, 0.25) is 0 Å². The van der Waals surface area contributed by atoms with Gasteiger partial charge in [-0.25, -0.2) is 0 Å². The van der Waals surface area contributed by atoms with E-state index in [1.54, 1.807) is 0 Å². The summed E-state index contributed by atoms with van der Waals surface area (Å²) in [5, 5.41) is 0. The first-order valence-electron chi connectivity index (χ1n) is 8.18. The van der Waals surface area contributed by atoms with E-state index in [0.29, 0.717) is 0 Å². The van der Waals surface area contributed by atoms with Gasteiger partial charge in [-0.1, -0.05) is 64.0 Å². The van der Waals surface area contributed by atoms with E-state index in [2.05, 4.69) is 86.3 Å². The van der Waals surface area contributed by atoms with E-state index in [0.717, 1.165) is 7.28 Å². The van der Waals surface area contributed by atoms with E-state index in [1.807, 2.05) is 0 Å². The van der Waals surface area contributed by atoms with Crippen LogP contribution in [-0.4, -0.2) is 7.28 Å².